The van der Waals surface area contributed by atoms with E-state index < -0.39 is 24.3 Å². The van der Waals surface area contributed by atoms with Crippen molar-refractivity contribution in [3.8, 4) is 0 Å². The number of carbonyl (C=O) groups is 3. The monoisotopic (exact) mass is 320 g/mol. The van der Waals surface area contributed by atoms with E-state index in [-0.39, 0.29) is 23.6 Å². The van der Waals surface area contributed by atoms with Crippen LogP contribution in [0.3, 0.4) is 0 Å². The molecule has 1 fully saturated rings. The molecule has 3 rings (SSSR count). The second kappa shape index (κ2) is 5.51. The number of carbonyl (C=O) groups excluding carboxylic acids is 3. The van der Waals surface area contributed by atoms with Gasteiger partial charge in [-0.25, -0.2) is 4.79 Å². The van der Waals surface area contributed by atoms with E-state index in [2.05, 4.69) is 4.74 Å². The van der Waals surface area contributed by atoms with Gasteiger partial charge in [0.1, 0.15) is 12.2 Å². The Balaban J connectivity index is 2.05. The van der Waals surface area contributed by atoms with Crippen molar-refractivity contribution < 1.29 is 28.6 Å². The summed E-state index contributed by atoms with van der Waals surface area (Å²) >= 11 is 0. The molecule has 1 aliphatic heterocycles. The molecule has 0 radical (unpaired) electrons. The molecule has 0 N–H and O–H groups in total. The number of methoxy groups -OCH3 is 1. The summed E-state index contributed by atoms with van der Waals surface area (Å²) in [6, 6.07) is 0. The van der Waals surface area contributed by atoms with Gasteiger partial charge in [-0.3, -0.25) is 9.59 Å². The second-order valence-corrected chi connectivity index (χ2v) is 6.51. The number of allylic oxidation sites excluding steroid dienone is 1. The number of ketones is 1. The van der Waals surface area contributed by atoms with Gasteiger partial charge in [0, 0.05) is 23.8 Å². The summed E-state index contributed by atoms with van der Waals surface area (Å²) in [5.74, 6) is -1.30. The highest BCUT2D eigenvalue weighted by atomic mass is 16.7. The summed E-state index contributed by atoms with van der Waals surface area (Å²) in [6.07, 6.45) is 0.188. The molecule has 23 heavy (non-hydrogen) atoms. The summed E-state index contributed by atoms with van der Waals surface area (Å²) in [6.45, 7) is 5.52. The lowest BCUT2D eigenvalue weighted by atomic mass is 9.79. The van der Waals surface area contributed by atoms with Crippen LogP contribution in [0.1, 0.15) is 27.2 Å². The fourth-order valence-corrected chi connectivity index (χ4v) is 4.08. The Bertz CT molecular complexity index is 643. The van der Waals surface area contributed by atoms with Crippen molar-refractivity contribution in [2.75, 3.05) is 7.11 Å². The molecule has 1 saturated heterocycles. The van der Waals surface area contributed by atoms with E-state index in [4.69, 9.17) is 9.47 Å². The van der Waals surface area contributed by atoms with Gasteiger partial charge >= 0.3 is 12.1 Å². The van der Waals surface area contributed by atoms with Gasteiger partial charge in [0.05, 0.1) is 13.0 Å². The van der Waals surface area contributed by atoms with Crippen LogP contribution in [0.4, 0.5) is 4.79 Å². The van der Waals surface area contributed by atoms with E-state index >= 15 is 0 Å². The first kappa shape index (κ1) is 15.8. The van der Waals surface area contributed by atoms with E-state index in [1.54, 1.807) is 13.0 Å². The van der Waals surface area contributed by atoms with E-state index in [0.29, 0.717) is 12.0 Å². The highest BCUT2D eigenvalue weighted by Crippen LogP contribution is 2.48. The molecule has 1 heterocycles. The maximum Gasteiger partial charge on any atom is 0.508 e. The first-order chi connectivity index (χ1) is 10.8. The highest BCUT2D eigenvalue weighted by Gasteiger charge is 2.55. The first-order valence-corrected chi connectivity index (χ1v) is 7.72. The van der Waals surface area contributed by atoms with Crippen LogP contribution in [0.5, 0.6) is 0 Å². The molecule has 0 saturated carbocycles. The van der Waals surface area contributed by atoms with Crippen molar-refractivity contribution in [1.29, 1.82) is 0 Å². The second-order valence-electron chi connectivity index (χ2n) is 6.51. The smallest absolute Gasteiger partial charge is 0.461 e. The quantitative estimate of drug-likeness (QED) is 0.689. The van der Waals surface area contributed by atoms with Crippen LogP contribution in [0.2, 0.25) is 0 Å². The zero-order chi connectivity index (χ0) is 16.9. The average molecular weight is 320 g/mol. The van der Waals surface area contributed by atoms with Crippen molar-refractivity contribution in [3.63, 3.8) is 0 Å². The van der Waals surface area contributed by atoms with Crippen molar-refractivity contribution in [1.82, 2.24) is 0 Å². The molecule has 124 valence electrons. The van der Waals surface area contributed by atoms with Gasteiger partial charge in [0.15, 0.2) is 5.78 Å². The molecule has 0 aromatic rings. The molecule has 5 unspecified atom stereocenters. The third-order valence-corrected chi connectivity index (χ3v) is 5.15. The van der Waals surface area contributed by atoms with E-state index in [0.717, 1.165) is 11.1 Å². The Hall–Kier alpha value is -2.11. The van der Waals surface area contributed by atoms with Crippen LogP contribution in [-0.2, 0) is 23.8 Å². The number of fused-ring (bicyclic) bond motifs is 3. The number of hydrogen-bond donors (Lipinski definition) is 0. The molecule has 0 aromatic carbocycles. The third-order valence-electron chi connectivity index (χ3n) is 5.15. The minimum Gasteiger partial charge on any atom is -0.461 e. The van der Waals surface area contributed by atoms with Crippen LogP contribution in [-0.4, -0.2) is 37.2 Å². The van der Waals surface area contributed by atoms with Crippen molar-refractivity contribution in [2.45, 2.75) is 39.4 Å². The van der Waals surface area contributed by atoms with Crippen LogP contribution in [0.25, 0.3) is 0 Å². The van der Waals surface area contributed by atoms with Gasteiger partial charge < -0.3 is 14.2 Å². The van der Waals surface area contributed by atoms with Gasteiger partial charge in [-0.2, -0.15) is 0 Å². The Morgan fingerprint density at radius 1 is 1.30 bits per heavy atom. The zero-order valence-corrected chi connectivity index (χ0v) is 13.6. The van der Waals surface area contributed by atoms with E-state index in [1.165, 1.54) is 7.11 Å². The van der Waals surface area contributed by atoms with Gasteiger partial charge in [-0.15, -0.1) is 0 Å². The average Bonchev–Trinajstić information content (AvgIpc) is 2.89. The third kappa shape index (κ3) is 2.36. The maximum absolute atomic E-state index is 12.3. The molecule has 6 heteroatoms. The van der Waals surface area contributed by atoms with Crippen molar-refractivity contribution >= 4 is 17.9 Å². The summed E-state index contributed by atoms with van der Waals surface area (Å²) in [4.78, 5) is 36.0. The van der Waals surface area contributed by atoms with Gasteiger partial charge in [-0.1, -0.05) is 18.1 Å². The Morgan fingerprint density at radius 3 is 2.65 bits per heavy atom. The minimum absolute atomic E-state index is 0.0435. The lowest BCUT2D eigenvalue weighted by Crippen LogP contribution is -2.37. The molecule has 6 nitrogen and oxygen atoms in total. The fourth-order valence-electron chi connectivity index (χ4n) is 4.08. The predicted octanol–water partition coefficient (Wildman–Crippen LogP) is 2.18. The minimum atomic E-state index is -0.788. The first-order valence-electron chi connectivity index (χ1n) is 7.72. The predicted molar refractivity (Wildman–Crippen MR) is 79.4 cm³/mol. The Kier molecular flexibility index (Phi) is 3.78. The topological polar surface area (TPSA) is 78.9 Å². The molecular formula is C17H20O6. The molecule has 5 atom stereocenters. The standard InChI is InChI=1S/C17H20O6/c1-7-5-10(18)12-8(2)6-11(22-17(20)21-4)14-9(3)16(19)23-15(14)13(7)12/h5,9,11,13-15H,6H2,1-4H3. The number of ether oxygens (including phenoxy) is 3. The summed E-state index contributed by atoms with van der Waals surface area (Å²) in [5, 5.41) is 0. The van der Waals surface area contributed by atoms with E-state index in [9.17, 15) is 14.4 Å². The normalized spacial score (nSPS) is 36.0. The lowest BCUT2D eigenvalue weighted by molar-refractivity contribution is -0.144. The van der Waals surface area contributed by atoms with Gasteiger partial charge in [0.25, 0.3) is 0 Å². The molecule has 2 aliphatic carbocycles. The molecule has 0 bridgehead atoms. The van der Waals surface area contributed by atoms with Gasteiger partial charge in [-0.05, 0) is 19.9 Å². The number of rotatable bonds is 1. The fraction of sp³-hybridized carbons (Fsp3) is 0.588. The maximum atomic E-state index is 12.3. The number of hydrogen-bond acceptors (Lipinski definition) is 6. The SMILES string of the molecule is COC(=O)OC1CC(C)=C2C(=O)C=C(C)C2C2OC(=O)C(C)C12. The Labute approximate surface area is 134 Å². The molecule has 0 spiro atoms. The van der Waals surface area contributed by atoms with Crippen LogP contribution in [0, 0.1) is 17.8 Å². The van der Waals surface area contributed by atoms with Crippen molar-refractivity contribution in [3.05, 3.63) is 22.8 Å². The van der Waals surface area contributed by atoms with Crippen LogP contribution < -0.4 is 0 Å². The van der Waals surface area contributed by atoms with Crippen LogP contribution in [0.15, 0.2) is 22.8 Å². The summed E-state index contributed by atoms with van der Waals surface area (Å²) in [7, 11) is 1.24. The van der Waals surface area contributed by atoms with Crippen molar-refractivity contribution in [2.24, 2.45) is 17.8 Å². The summed E-state index contributed by atoms with van der Waals surface area (Å²) in [5.41, 5.74) is 2.44. The Morgan fingerprint density at radius 2 is 2.00 bits per heavy atom. The summed E-state index contributed by atoms with van der Waals surface area (Å²) < 4.78 is 15.6. The van der Waals surface area contributed by atoms with Gasteiger partial charge in [0.2, 0.25) is 0 Å². The highest BCUT2D eigenvalue weighted by molar-refractivity contribution is 6.09. The lowest BCUT2D eigenvalue weighted by Gasteiger charge is -2.28. The molecule has 0 amide bonds. The molecule has 3 aliphatic rings. The zero-order valence-electron chi connectivity index (χ0n) is 13.6. The van der Waals surface area contributed by atoms with Crippen LogP contribution >= 0.6 is 0 Å². The van der Waals surface area contributed by atoms with E-state index in [1.807, 2.05) is 13.8 Å². The molecular weight excluding hydrogens is 300 g/mol. The largest absolute Gasteiger partial charge is 0.508 e. The molecule has 0 aromatic heterocycles. The number of esters is 1.